The van der Waals surface area contributed by atoms with Gasteiger partial charge in [0, 0.05) is 11.6 Å². The van der Waals surface area contributed by atoms with Crippen LogP contribution in [0.15, 0.2) is 18.3 Å². The van der Waals surface area contributed by atoms with E-state index in [1.54, 1.807) is 13.0 Å². The lowest BCUT2D eigenvalue weighted by Crippen LogP contribution is -2.08. The topological polar surface area (TPSA) is 59.4 Å². The zero-order valence-electron chi connectivity index (χ0n) is 12.2. The molecule has 3 rings (SSSR count). The van der Waals surface area contributed by atoms with Crippen LogP contribution in [0.1, 0.15) is 36.5 Å². The normalized spacial score (nSPS) is 14.0. The summed E-state index contributed by atoms with van der Waals surface area (Å²) in [6.45, 7) is 2.15. The number of hydrogen-bond acceptors (Lipinski definition) is 4. The molecule has 0 amide bonds. The van der Waals surface area contributed by atoms with Crippen LogP contribution in [0.4, 0.5) is 0 Å². The highest BCUT2D eigenvalue weighted by atomic mass is 16.5. The number of phenols is 1. The van der Waals surface area contributed by atoms with E-state index in [-0.39, 0.29) is 18.1 Å². The monoisotopic (exact) mass is 285 g/mol. The highest BCUT2D eigenvalue weighted by Crippen LogP contribution is 2.34. The molecule has 0 spiro atoms. The van der Waals surface area contributed by atoms with Crippen molar-refractivity contribution in [2.45, 2.75) is 39.0 Å². The Morgan fingerprint density at radius 1 is 1.33 bits per heavy atom. The van der Waals surface area contributed by atoms with Crippen LogP contribution in [0.5, 0.6) is 5.75 Å². The standard InChI is InChI=1S/C17H19NO3/c1-2-21-16(20)9-11-7-14-17(15(19)8-11)13-6-4-3-5-12(13)10-18-14/h7-8,10,19H,2-6,9H2,1H3. The molecular weight excluding hydrogens is 266 g/mol. The molecular formula is C17H19NO3. The summed E-state index contributed by atoms with van der Waals surface area (Å²) in [6.07, 6.45) is 6.42. The third kappa shape index (κ3) is 2.71. The van der Waals surface area contributed by atoms with Crippen molar-refractivity contribution in [3.05, 3.63) is 35.0 Å². The van der Waals surface area contributed by atoms with Gasteiger partial charge in [-0.1, -0.05) is 0 Å². The van der Waals surface area contributed by atoms with E-state index in [0.717, 1.165) is 35.7 Å². The van der Waals surface area contributed by atoms with Gasteiger partial charge in [-0.25, -0.2) is 0 Å². The summed E-state index contributed by atoms with van der Waals surface area (Å²) in [6, 6.07) is 3.54. The molecule has 4 nitrogen and oxygen atoms in total. The number of fused-ring (bicyclic) bond motifs is 3. The molecule has 1 aromatic heterocycles. The van der Waals surface area contributed by atoms with Crippen molar-refractivity contribution < 1.29 is 14.6 Å². The van der Waals surface area contributed by atoms with Gasteiger partial charge in [-0.3, -0.25) is 9.78 Å². The maximum atomic E-state index is 11.6. The maximum Gasteiger partial charge on any atom is 0.310 e. The van der Waals surface area contributed by atoms with E-state index in [1.165, 1.54) is 17.5 Å². The second-order valence-electron chi connectivity index (χ2n) is 5.46. The van der Waals surface area contributed by atoms with Crippen molar-refractivity contribution in [2.75, 3.05) is 6.61 Å². The Balaban J connectivity index is 2.03. The number of pyridine rings is 1. The van der Waals surface area contributed by atoms with Crippen molar-refractivity contribution in [2.24, 2.45) is 0 Å². The first-order valence-electron chi connectivity index (χ1n) is 7.47. The molecule has 0 radical (unpaired) electrons. The number of carbonyl (C=O) groups excluding carboxylic acids is 1. The van der Waals surface area contributed by atoms with Gasteiger partial charge in [0.2, 0.25) is 0 Å². The van der Waals surface area contributed by atoms with Gasteiger partial charge in [-0.15, -0.1) is 0 Å². The number of esters is 1. The smallest absolute Gasteiger partial charge is 0.310 e. The summed E-state index contributed by atoms with van der Waals surface area (Å²) in [4.78, 5) is 16.0. The molecule has 1 heterocycles. The second-order valence-corrected chi connectivity index (χ2v) is 5.46. The second kappa shape index (κ2) is 5.72. The zero-order valence-corrected chi connectivity index (χ0v) is 12.2. The fourth-order valence-electron chi connectivity index (χ4n) is 3.06. The van der Waals surface area contributed by atoms with Crippen molar-refractivity contribution in [3.8, 4) is 5.75 Å². The van der Waals surface area contributed by atoms with Crippen LogP contribution in [-0.4, -0.2) is 22.7 Å². The SMILES string of the molecule is CCOC(=O)Cc1cc(O)c2c3c(cnc2c1)CCCC3. The van der Waals surface area contributed by atoms with E-state index in [2.05, 4.69) is 4.98 Å². The number of phenolic OH excluding ortho intramolecular Hbond substituents is 1. The van der Waals surface area contributed by atoms with E-state index in [0.29, 0.717) is 6.61 Å². The van der Waals surface area contributed by atoms with Crippen molar-refractivity contribution in [1.82, 2.24) is 4.98 Å². The summed E-state index contributed by atoms with van der Waals surface area (Å²) in [5.41, 5.74) is 3.95. The Kier molecular flexibility index (Phi) is 3.78. The third-order valence-corrected chi connectivity index (χ3v) is 3.98. The molecule has 4 heteroatoms. The number of aromatic nitrogens is 1. The molecule has 21 heavy (non-hydrogen) atoms. The first-order chi connectivity index (χ1) is 10.2. The minimum atomic E-state index is -0.283. The number of hydrogen-bond donors (Lipinski definition) is 1. The lowest BCUT2D eigenvalue weighted by Gasteiger charge is -2.18. The van der Waals surface area contributed by atoms with E-state index in [4.69, 9.17) is 4.74 Å². The first kappa shape index (κ1) is 13.9. The highest BCUT2D eigenvalue weighted by Gasteiger charge is 2.17. The van der Waals surface area contributed by atoms with Crippen LogP contribution >= 0.6 is 0 Å². The lowest BCUT2D eigenvalue weighted by atomic mass is 9.89. The molecule has 110 valence electrons. The third-order valence-electron chi connectivity index (χ3n) is 3.98. The number of benzene rings is 1. The number of ether oxygens (including phenoxy) is 1. The minimum absolute atomic E-state index is 0.163. The first-order valence-corrected chi connectivity index (χ1v) is 7.47. The molecule has 0 bridgehead atoms. The number of nitrogens with zero attached hydrogens (tertiary/aromatic N) is 1. The van der Waals surface area contributed by atoms with Crippen molar-refractivity contribution in [1.29, 1.82) is 0 Å². The number of rotatable bonds is 3. The van der Waals surface area contributed by atoms with Crippen LogP contribution in [0, 0.1) is 0 Å². The Morgan fingerprint density at radius 3 is 2.95 bits per heavy atom. The summed E-state index contributed by atoms with van der Waals surface area (Å²) in [5.74, 6) is -0.0627. The Morgan fingerprint density at radius 2 is 2.14 bits per heavy atom. The van der Waals surface area contributed by atoms with Crippen LogP contribution in [-0.2, 0) is 28.8 Å². The molecule has 0 saturated heterocycles. The van der Waals surface area contributed by atoms with Gasteiger partial charge in [0.15, 0.2) is 0 Å². The summed E-state index contributed by atoms with van der Waals surface area (Å²) in [7, 11) is 0. The Bertz CT molecular complexity index is 694. The van der Waals surface area contributed by atoms with Crippen LogP contribution in [0.2, 0.25) is 0 Å². The lowest BCUT2D eigenvalue weighted by molar-refractivity contribution is -0.142. The molecule has 0 unspecified atom stereocenters. The summed E-state index contributed by atoms with van der Waals surface area (Å²) >= 11 is 0. The van der Waals surface area contributed by atoms with Crippen LogP contribution in [0.3, 0.4) is 0 Å². The van der Waals surface area contributed by atoms with E-state index < -0.39 is 0 Å². The fraction of sp³-hybridized carbons (Fsp3) is 0.412. The quantitative estimate of drug-likeness (QED) is 0.881. The van der Waals surface area contributed by atoms with Crippen LogP contribution in [0.25, 0.3) is 10.9 Å². The predicted octanol–water partition coefficient (Wildman–Crippen LogP) is 2.92. The molecule has 0 atom stereocenters. The van der Waals surface area contributed by atoms with Crippen LogP contribution < -0.4 is 0 Å². The molecule has 0 aliphatic heterocycles. The number of aromatic hydroxyl groups is 1. The van der Waals surface area contributed by atoms with Gasteiger partial charge >= 0.3 is 5.97 Å². The number of aryl methyl sites for hydroxylation is 2. The molecule has 1 aromatic carbocycles. The molecule has 1 aliphatic carbocycles. The van der Waals surface area contributed by atoms with Gasteiger partial charge in [-0.2, -0.15) is 0 Å². The average molecular weight is 285 g/mol. The van der Waals surface area contributed by atoms with Gasteiger partial charge < -0.3 is 9.84 Å². The largest absolute Gasteiger partial charge is 0.507 e. The number of carbonyl (C=O) groups is 1. The summed E-state index contributed by atoms with van der Waals surface area (Å²) in [5, 5.41) is 11.2. The molecule has 1 aliphatic rings. The van der Waals surface area contributed by atoms with E-state index in [1.807, 2.05) is 12.3 Å². The van der Waals surface area contributed by atoms with Crippen molar-refractivity contribution in [3.63, 3.8) is 0 Å². The summed E-state index contributed by atoms with van der Waals surface area (Å²) < 4.78 is 4.95. The highest BCUT2D eigenvalue weighted by molar-refractivity contribution is 5.90. The van der Waals surface area contributed by atoms with Gasteiger partial charge in [0.05, 0.1) is 18.5 Å². The Hall–Kier alpha value is -2.10. The average Bonchev–Trinajstić information content (AvgIpc) is 2.46. The van der Waals surface area contributed by atoms with Gasteiger partial charge in [-0.05, 0) is 61.4 Å². The molecule has 0 saturated carbocycles. The minimum Gasteiger partial charge on any atom is -0.507 e. The maximum absolute atomic E-state index is 11.6. The van der Waals surface area contributed by atoms with Gasteiger partial charge in [0.1, 0.15) is 5.75 Å². The van der Waals surface area contributed by atoms with Crippen molar-refractivity contribution >= 4 is 16.9 Å². The van der Waals surface area contributed by atoms with E-state index >= 15 is 0 Å². The molecule has 0 fully saturated rings. The van der Waals surface area contributed by atoms with E-state index in [9.17, 15) is 9.90 Å². The van der Waals surface area contributed by atoms with Gasteiger partial charge in [0.25, 0.3) is 0 Å². The molecule has 2 aromatic rings. The zero-order chi connectivity index (χ0) is 14.8. The Labute approximate surface area is 123 Å². The fourth-order valence-corrected chi connectivity index (χ4v) is 3.06. The predicted molar refractivity (Wildman–Crippen MR) is 80.4 cm³/mol. The molecule has 1 N–H and O–H groups in total.